The third-order valence-electron chi connectivity index (χ3n) is 3.89. The lowest BCUT2D eigenvalue weighted by Crippen LogP contribution is -2.25. The van der Waals surface area contributed by atoms with Crippen molar-refractivity contribution < 1.29 is 9.18 Å². The van der Waals surface area contributed by atoms with Crippen LogP contribution in [-0.4, -0.2) is 30.0 Å². The van der Waals surface area contributed by atoms with Gasteiger partial charge < -0.3 is 10.2 Å². The number of amides is 1. The van der Waals surface area contributed by atoms with Gasteiger partial charge in [0.2, 0.25) is 0 Å². The molecule has 0 saturated carbocycles. The fraction of sp³-hybridized carbons (Fsp3) is 0.118. The van der Waals surface area contributed by atoms with E-state index in [0.29, 0.717) is 23.2 Å². The van der Waals surface area contributed by atoms with Crippen LogP contribution in [-0.2, 0) is 6.54 Å². The number of hydrogen-bond donors (Lipinski definition) is 3. The number of nitrogens with one attached hydrogen (secondary N) is 3. The standard InChI is InChI=1S/C17H15FN4O/c1-22(9-19)16(20)15-7-12(18)4-5-13(15)10-2-3-11-8-21-17(23)14(11)6-10/h2-7,9,19-20H,8H2,1H3,(H,21,23). The molecule has 1 aliphatic rings. The van der Waals surface area contributed by atoms with E-state index in [2.05, 4.69) is 5.32 Å². The van der Waals surface area contributed by atoms with Crippen LogP contribution in [0.2, 0.25) is 0 Å². The first-order chi connectivity index (χ1) is 11.0. The summed E-state index contributed by atoms with van der Waals surface area (Å²) in [4.78, 5) is 13.1. The molecule has 1 heterocycles. The molecule has 2 aromatic carbocycles. The van der Waals surface area contributed by atoms with Crippen molar-refractivity contribution in [2.75, 3.05) is 7.05 Å². The molecule has 0 spiro atoms. The van der Waals surface area contributed by atoms with Crippen molar-refractivity contribution in [1.29, 1.82) is 10.8 Å². The van der Waals surface area contributed by atoms with Gasteiger partial charge in [-0.25, -0.2) is 4.39 Å². The third-order valence-corrected chi connectivity index (χ3v) is 3.89. The zero-order valence-electron chi connectivity index (χ0n) is 12.5. The smallest absolute Gasteiger partial charge is 0.251 e. The van der Waals surface area contributed by atoms with Gasteiger partial charge >= 0.3 is 0 Å². The maximum atomic E-state index is 13.6. The quantitative estimate of drug-likeness (QED) is 0.602. The van der Waals surface area contributed by atoms with Crippen molar-refractivity contribution in [2.45, 2.75) is 6.54 Å². The monoisotopic (exact) mass is 310 g/mol. The zero-order chi connectivity index (χ0) is 16.6. The molecule has 3 rings (SSSR count). The summed E-state index contributed by atoms with van der Waals surface area (Å²) >= 11 is 0. The van der Waals surface area contributed by atoms with E-state index in [0.717, 1.165) is 17.5 Å². The largest absolute Gasteiger partial charge is 0.348 e. The molecule has 6 heteroatoms. The average molecular weight is 310 g/mol. The van der Waals surface area contributed by atoms with Crippen molar-refractivity contribution in [1.82, 2.24) is 10.2 Å². The van der Waals surface area contributed by atoms with Gasteiger partial charge in [0, 0.05) is 24.7 Å². The molecule has 2 aromatic rings. The second-order valence-electron chi connectivity index (χ2n) is 5.33. The number of carbonyl (C=O) groups is 1. The Kier molecular flexibility index (Phi) is 3.65. The number of carbonyl (C=O) groups excluding carboxylic acids is 1. The molecule has 0 atom stereocenters. The molecular weight excluding hydrogens is 295 g/mol. The highest BCUT2D eigenvalue weighted by atomic mass is 19.1. The number of halogens is 1. The molecule has 23 heavy (non-hydrogen) atoms. The van der Waals surface area contributed by atoms with Gasteiger partial charge in [-0.05, 0) is 34.9 Å². The number of nitrogens with zero attached hydrogens (tertiary/aromatic N) is 1. The lowest BCUT2D eigenvalue weighted by molar-refractivity contribution is 0.0966. The zero-order valence-corrected chi connectivity index (χ0v) is 12.5. The molecule has 5 nitrogen and oxygen atoms in total. The second-order valence-corrected chi connectivity index (χ2v) is 5.33. The van der Waals surface area contributed by atoms with Crippen LogP contribution in [0.25, 0.3) is 11.1 Å². The molecule has 0 saturated heterocycles. The van der Waals surface area contributed by atoms with Gasteiger partial charge in [-0.15, -0.1) is 0 Å². The molecule has 1 aliphatic heterocycles. The predicted octanol–water partition coefficient (Wildman–Crippen LogP) is 2.60. The van der Waals surface area contributed by atoms with E-state index in [-0.39, 0.29) is 11.7 Å². The first-order valence-electron chi connectivity index (χ1n) is 7.04. The fourth-order valence-electron chi connectivity index (χ4n) is 2.60. The Morgan fingerprint density at radius 1 is 1.26 bits per heavy atom. The van der Waals surface area contributed by atoms with E-state index in [1.165, 1.54) is 17.0 Å². The van der Waals surface area contributed by atoms with Crippen LogP contribution >= 0.6 is 0 Å². The van der Waals surface area contributed by atoms with E-state index < -0.39 is 5.82 Å². The molecule has 116 valence electrons. The van der Waals surface area contributed by atoms with E-state index in [4.69, 9.17) is 10.8 Å². The summed E-state index contributed by atoms with van der Waals surface area (Å²) in [6.07, 6.45) is 0.993. The lowest BCUT2D eigenvalue weighted by Gasteiger charge is -2.17. The highest BCUT2D eigenvalue weighted by molar-refractivity contribution is 6.07. The van der Waals surface area contributed by atoms with Crippen molar-refractivity contribution in [3.05, 3.63) is 58.9 Å². The Morgan fingerprint density at radius 3 is 2.78 bits per heavy atom. The van der Waals surface area contributed by atoms with Crippen molar-refractivity contribution in [3.63, 3.8) is 0 Å². The van der Waals surface area contributed by atoms with E-state index >= 15 is 0 Å². The van der Waals surface area contributed by atoms with Gasteiger partial charge in [0.25, 0.3) is 5.91 Å². The summed E-state index contributed by atoms with van der Waals surface area (Å²) in [5.74, 6) is -0.567. The Morgan fingerprint density at radius 2 is 2.04 bits per heavy atom. The average Bonchev–Trinajstić information content (AvgIpc) is 2.94. The Hall–Kier alpha value is -3.02. The first kappa shape index (κ1) is 14.9. The summed E-state index contributed by atoms with van der Waals surface area (Å²) in [7, 11) is 1.56. The number of benzene rings is 2. The van der Waals surface area contributed by atoms with Crippen molar-refractivity contribution in [2.24, 2.45) is 0 Å². The highest BCUT2D eigenvalue weighted by Gasteiger charge is 2.20. The minimum Gasteiger partial charge on any atom is -0.348 e. The molecule has 3 N–H and O–H groups in total. The maximum Gasteiger partial charge on any atom is 0.251 e. The summed E-state index contributed by atoms with van der Waals surface area (Å²) < 4.78 is 13.6. The molecule has 0 unspecified atom stereocenters. The van der Waals surface area contributed by atoms with E-state index in [1.807, 2.05) is 12.1 Å². The summed E-state index contributed by atoms with van der Waals surface area (Å²) in [6, 6.07) is 9.65. The molecule has 0 radical (unpaired) electrons. The topological polar surface area (TPSA) is 80.0 Å². The lowest BCUT2D eigenvalue weighted by atomic mass is 9.95. The molecule has 0 aliphatic carbocycles. The number of hydrogen-bond acceptors (Lipinski definition) is 3. The van der Waals surface area contributed by atoms with Crippen molar-refractivity contribution >= 4 is 18.1 Å². The third kappa shape index (κ3) is 2.59. The Bertz CT molecular complexity index is 831. The van der Waals surface area contributed by atoms with Crippen LogP contribution in [0.4, 0.5) is 4.39 Å². The van der Waals surface area contributed by atoms with Crippen LogP contribution in [0, 0.1) is 16.6 Å². The predicted molar refractivity (Wildman–Crippen MR) is 86.4 cm³/mol. The summed E-state index contributed by atoms with van der Waals surface area (Å²) in [5, 5.41) is 18.2. The Balaban J connectivity index is 2.14. The van der Waals surface area contributed by atoms with Gasteiger partial charge in [0.15, 0.2) is 0 Å². The van der Waals surface area contributed by atoms with Crippen LogP contribution < -0.4 is 5.32 Å². The minimum absolute atomic E-state index is 0.0134. The van der Waals surface area contributed by atoms with Crippen molar-refractivity contribution in [3.8, 4) is 11.1 Å². The molecular formula is C17H15FN4O. The summed E-state index contributed by atoms with van der Waals surface area (Å²) in [5.41, 5.74) is 3.28. The second kappa shape index (κ2) is 5.64. The molecule has 0 bridgehead atoms. The van der Waals surface area contributed by atoms with Crippen LogP contribution in [0.1, 0.15) is 21.5 Å². The van der Waals surface area contributed by atoms with Gasteiger partial charge in [0.1, 0.15) is 11.7 Å². The maximum absolute atomic E-state index is 13.6. The van der Waals surface area contributed by atoms with Gasteiger partial charge in [-0.2, -0.15) is 0 Å². The fourth-order valence-corrected chi connectivity index (χ4v) is 2.60. The molecule has 0 fully saturated rings. The number of amidine groups is 1. The van der Waals surface area contributed by atoms with Crippen LogP contribution in [0.3, 0.4) is 0 Å². The van der Waals surface area contributed by atoms with Crippen LogP contribution in [0.5, 0.6) is 0 Å². The van der Waals surface area contributed by atoms with Crippen LogP contribution in [0.15, 0.2) is 36.4 Å². The minimum atomic E-state index is -0.453. The molecule has 0 aromatic heterocycles. The van der Waals surface area contributed by atoms with E-state index in [9.17, 15) is 9.18 Å². The molecule has 1 amide bonds. The summed E-state index contributed by atoms with van der Waals surface area (Å²) in [6.45, 7) is 0.511. The Labute approximate surface area is 132 Å². The normalized spacial score (nSPS) is 12.5. The number of rotatable bonds is 3. The van der Waals surface area contributed by atoms with Gasteiger partial charge in [0.05, 0.1) is 6.34 Å². The SMILES string of the molecule is CN(C=N)C(=N)c1cc(F)ccc1-c1ccc2c(c1)C(=O)NC2. The highest BCUT2D eigenvalue weighted by Crippen LogP contribution is 2.29. The van der Waals surface area contributed by atoms with E-state index in [1.54, 1.807) is 19.2 Å². The number of fused-ring (bicyclic) bond motifs is 1. The van der Waals surface area contributed by atoms with Gasteiger partial charge in [-0.1, -0.05) is 18.2 Å². The van der Waals surface area contributed by atoms with Gasteiger partial charge in [-0.3, -0.25) is 15.6 Å². The first-order valence-corrected chi connectivity index (χ1v) is 7.04.